The number of allylic oxidation sites excluding steroid dienone is 10. The summed E-state index contributed by atoms with van der Waals surface area (Å²) in [5.41, 5.74) is 0. The van der Waals surface area contributed by atoms with E-state index in [2.05, 4.69) is 54.7 Å². The Morgan fingerprint density at radius 2 is 1.21 bits per heavy atom. The smallest absolute Gasteiger partial charge is 0.00945 e. The lowest BCUT2D eigenvalue weighted by Crippen LogP contribution is -1.65. The SMILES string of the molecule is [C]1=CC=CCC=CCC=CCC=CC1. The van der Waals surface area contributed by atoms with Crippen LogP contribution in [0.4, 0.5) is 0 Å². The van der Waals surface area contributed by atoms with Gasteiger partial charge in [0.2, 0.25) is 0 Å². The predicted octanol–water partition coefficient (Wildman–Crippen LogP) is 4.14. The molecular formula is C14H17. The average Bonchev–Trinajstić information content (AvgIpc) is 2.22. The van der Waals surface area contributed by atoms with Gasteiger partial charge in [-0.15, -0.1) is 0 Å². The second-order valence-electron chi connectivity index (χ2n) is 3.12. The zero-order valence-corrected chi connectivity index (χ0v) is 8.52. The molecule has 0 aliphatic heterocycles. The van der Waals surface area contributed by atoms with Crippen molar-refractivity contribution in [2.24, 2.45) is 0 Å². The van der Waals surface area contributed by atoms with Crippen LogP contribution >= 0.6 is 0 Å². The molecule has 73 valence electrons. The molecule has 0 nitrogen and oxygen atoms in total. The van der Waals surface area contributed by atoms with E-state index in [0.717, 1.165) is 25.7 Å². The van der Waals surface area contributed by atoms with Crippen molar-refractivity contribution in [2.45, 2.75) is 25.7 Å². The largest absolute Gasteiger partial charge is 0.0844 e. The maximum Gasteiger partial charge on any atom is -0.00945 e. The molecule has 0 aromatic heterocycles. The first-order chi connectivity index (χ1) is 7.00. The quantitative estimate of drug-likeness (QED) is 0.497. The van der Waals surface area contributed by atoms with Crippen molar-refractivity contribution in [2.75, 3.05) is 0 Å². The van der Waals surface area contributed by atoms with Crippen LogP contribution < -0.4 is 0 Å². The van der Waals surface area contributed by atoms with E-state index in [0.29, 0.717) is 0 Å². The fourth-order valence-corrected chi connectivity index (χ4v) is 1.15. The normalized spacial score (nSPS) is 18.3. The topological polar surface area (TPSA) is 0 Å². The van der Waals surface area contributed by atoms with E-state index in [1.807, 2.05) is 6.08 Å². The number of hydrogen-bond donors (Lipinski definition) is 0. The number of hydrogen-bond acceptors (Lipinski definition) is 0. The molecule has 1 rings (SSSR count). The summed E-state index contributed by atoms with van der Waals surface area (Å²) in [6.07, 6.45) is 26.5. The third-order valence-electron chi connectivity index (χ3n) is 1.90. The molecule has 1 radical (unpaired) electrons. The Morgan fingerprint density at radius 3 is 1.93 bits per heavy atom. The molecule has 1 aliphatic carbocycles. The van der Waals surface area contributed by atoms with Gasteiger partial charge in [0, 0.05) is 0 Å². The number of rotatable bonds is 0. The predicted molar refractivity (Wildman–Crippen MR) is 62.8 cm³/mol. The van der Waals surface area contributed by atoms with Crippen molar-refractivity contribution < 1.29 is 0 Å². The zero-order chi connectivity index (χ0) is 9.90. The monoisotopic (exact) mass is 185 g/mol. The summed E-state index contributed by atoms with van der Waals surface area (Å²) in [5.74, 6) is 0. The summed E-state index contributed by atoms with van der Waals surface area (Å²) in [5, 5.41) is 0. The molecule has 0 saturated heterocycles. The lowest BCUT2D eigenvalue weighted by Gasteiger charge is -1.86. The van der Waals surface area contributed by atoms with Gasteiger partial charge in [-0.05, 0) is 31.8 Å². The van der Waals surface area contributed by atoms with E-state index in [-0.39, 0.29) is 0 Å². The summed E-state index contributed by atoms with van der Waals surface area (Å²) < 4.78 is 0. The molecule has 1 aliphatic rings. The second-order valence-corrected chi connectivity index (χ2v) is 3.12. The van der Waals surface area contributed by atoms with Crippen molar-refractivity contribution in [3.05, 3.63) is 60.8 Å². The highest BCUT2D eigenvalue weighted by atomic mass is 13.8. The van der Waals surface area contributed by atoms with Gasteiger partial charge in [0.1, 0.15) is 0 Å². The van der Waals surface area contributed by atoms with E-state index >= 15 is 0 Å². The summed E-state index contributed by atoms with van der Waals surface area (Å²) in [6.45, 7) is 0. The van der Waals surface area contributed by atoms with Gasteiger partial charge in [-0.3, -0.25) is 0 Å². The van der Waals surface area contributed by atoms with Crippen LogP contribution in [-0.2, 0) is 0 Å². The van der Waals surface area contributed by atoms with Crippen molar-refractivity contribution >= 4 is 0 Å². The Balaban J connectivity index is 2.45. The Morgan fingerprint density at radius 1 is 0.643 bits per heavy atom. The highest BCUT2D eigenvalue weighted by molar-refractivity contribution is 5.05. The molecule has 0 bridgehead atoms. The van der Waals surface area contributed by atoms with Gasteiger partial charge in [-0.1, -0.05) is 54.7 Å². The van der Waals surface area contributed by atoms with Crippen molar-refractivity contribution in [3.8, 4) is 0 Å². The van der Waals surface area contributed by atoms with E-state index in [1.165, 1.54) is 0 Å². The van der Waals surface area contributed by atoms with Crippen LogP contribution in [0.3, 0.4) is 0 Å². The van der Waals surface area contributed by atoms with E-state index in [1.54, 1.807) is 0 Å². The minimum absolute atomic E-state index is 0.911. The van der Waals surface area contributed by atoms with Gasteiger partial charge in [-0.25, -0.2) is 0 Å². The van der Waals surface area contributed by atoms with Crippen molar-refractivity contribution in [3.63, 3.8) is 0 Å². The molecule has 0 spiro atoms. The van der Waals surface area contributed by atoms with Crippen LogP contribution in [0.5, 0.6) is 0 Å². The molecule has 0 unspecified atom stereocenters. The zero-order valence-electron chi connectivity index (χ0n) is 8.52. The Kier molecular flexibility index (Phi) is 6.39. The Hall–Kier alpha value is -1.30. The van der Waals surface area contributed by atoms with Gasteiger partial charge in [0.25, 0.3) is 0 Å². The first-order valence-corrected chi connectivity index (χ1v) is 5.17. The lowest BCUT2D eigenvalue weighted by molar-refractivity contribution is 1.25. The summed E-state index contributed by atoms with van der Waals surface area (Å²) in [4.78, 5) is 0. The third-order valence-corrected chi connectivity index (χ3v) is 1.90. The minimum Gasteiger partial charge on any atom is -0.0844 e. The first kappa shape index (κ1) is 10.8. The molecular weight excluding hydrogens is 168 g/mol. The van der Waals surface area contributed by atoms with Gasteiger partial charge in [0.15, 0.2) is 0 Å². The van der Waals surface area contributed by atoms with Crippen LogP contribution in [-0.4, -0.2) is 0 Å². The van der Waals surface area contributed by atoms with E-state index < -0.39 is 0 Å². The molecule has 0 heteroatoms. The van der Waals surface area contributed by atoms with E-state index in [4.69, 9.17) is 0 Å². The fraction of sp³-hybridized carbons (Fsp3) is 0.286. The minimum atomic E-state index is 0.911. The average molecular weight is 185 g/mol. The second kappa shape index (κ2) is 8.31. The van der Waals surface area contributed by atoms with Crippen LogP contribution in [0.1, 0.15) is 25.7 Å². The summed E-state index contributed by atoms with van der Waals surface area (Å²) in [6, 6.07) is 0. The van der Waals surface area contributed by atoms with Crippen molar-refractivity contribution in [1.82, 2.24) is 0 Å². The molecule has 0 heterocycles. The third kappa shape index (κ3) is 6.24. The molecule has 0 N–H and O–H groups in total. The van der Waals surface area contributed by atoms with Gasteiger partial charge >= 0.3 is 0 Å². The van der Waals surface area contributed by atoms with Gasteiger partial charge < -0.3 is 0 Å². The molecule has 0 aromatic rings. The van der Waals surface area contributed by atoms with E-state index in [9.17, 15) is 0 Å². The molecule has 0 saturated carbocycles. The summed E-state index contributed by atoms with van der Waals surface area (Å²) in [7, 11) is 0. The van der Waals surface area contributed by atoms with Crippen LogP contribution in [0.25, 0.3) is 0 Å². The first-order valence-electron chi connectivity index (χ1n) is 5.17. The molecule has 0 fully saturated rings. The van der Waals surface area contributed by atoms with Crippen molar-refractivity contribution in [1.29, 1.82) is 0 Å². The maximum absolute atomic E-state index is 3.19. The Labute approximate surface area is 87.0 Å². The highest BCUT2D eigenvalue weighted by Crippen LogP contribution is 1.96. The maximum atomic E-state index is 3.19. The van der Waals surface area contributed by atoms with Crippen LogP contribution in [0, 0.1) is 6.08 Å². The van der Waals surface area contributed by atoms with Crippen LogP contribution in [0.2, 0.25) is 0 Å². The molecule has 0 atom stereocenters. The van der Waals surface area contributed by atoms with Crippen LogP contribution in [0.15, 0.2) is 54.7 Å². The molecule has 14 heavy (non-hydrogen) atoms. The molecule has 0 amide bonds. The van der Waals surface area contributed by atoms with Gasteiger partial charge in [0.05, 0.1) is 0 Å². The standard InChI is InChI=1S/C14H17/c1-2-4-6-8-10-12-14-13-11-9-7-5-3-1/h1-3,6,8-9,11-12,14H,4,7,10,13H2. The Bertz CT molecular complexity index is 234. The fourth-order valence-electron chi connectivity index (χ4n) is 1.15. The highest BCUT2D eigenvalue weighted by Gasteiger charge is 1.76. The molecule has 0 aromatic carbocycles. The summed E-state index contributed by atoms with van der Waals surface area (Å²) >= 11 is 0. The van der Waals surface area contributed by atoms with Gasteiger partial charge in [-0.2, -0.15) is 0 Å². The lowest BCUT2D eigenvalue weighted by atomic mass is 10.2.